The Morgan fingerprint density at radius 3 is 2.52 bits per heavy atom. The van der Waals surface area contributed by atoms with Gasteiger partial charge in [0.05, 0.1) is 0 Å². The van der Waals surface area contributed by atoms with Gasteiger partial charge in [-0.2, -0.15) is 4.31 Å². The third-order valence-electron chi connectivity index (χ3n) is 4.50. The first-order chi connectivity index (χ1) is 11.0. The molecule has 0 atom stereocenters. The van der Waals surface area contributed by atoms with Gasteiger partial charge in [-0.05, 0) is 43.7 Å². The van der Waals surface area contributed by atoms with Crippen LogP contribution in [0.1, 0.15) is 44.4 Å². The summed E-state index contributed by atoms with van der Waals surface area (Å²) in [4.78, 5) is 0. The lowest BCUT2D eigenvalue weighted by molar-refractivity contribution is 0.281. The maximum Gasteiger partial charge on any atom is 0.283 e. The fraction of sp³-hybridized carbons (Fsp3) is 0.600. The second-order valence-electron chi connectivity index (χ2n) is 6.43. The number of nitrogens with zero attached hydrogens (tertiary/aromatic N) is 3. The maximum absolute atomic E-state index is 12.6. The van der Waals surface area contributed by atoms with Crippen LogP contribution in [0.2, 0.25) is 0 Å². The van der Waals surface area contributed by atoms with Crippen LogP contribution in [0, 0.1) is 5.92 Å². The highest BCUT2D eigenvalue weighted by Gasteiger charge is 2.32. The summed E-state index contributed by atoms with van der Waals surface area (Å²) in [5, 5.41) is 7.87. The Labute approximate surface area is 134 Å². The summed E-state index contributed by atoms with van der Waals surface area (Å²) >= 11 is 0. The van der Waals surface area contributed by atoms with Crippen molar-refractivity contribution < 1.29 is 17.3 Å². The SMILES string of the molecule is CC1CCN(S(=O)(=O)c2ccc(-c3nnc(C4CC4)o3)o2)CC1. The molecule has 1 saturated carbocycles. The third kappa shape index (κ3) is 2.81. The van der Waals surface area contributed by atoms with Gasteiger partial charge in [0.1, 0.15) is 0 Å². The van der Waals surface area contributed by atoms with Gasteiger partial charge in [0.15, 0.2) is 5.76 Å². The number of hydrogen-bond acceptors (Lipinski definition) is 6. The van der Waals surface area contributed by atoms with E-state index in [0.717, 1.165) is 25.7 Å². The first-order valence-electron chi connectivity index (χ1n) is 7.98. The first kappa shape index (κ1) is 14.9. The molecule has 4 rings (SSSR count). The van der Waals surface area contributed by atoms with E-state index in [-0.39, 0.29) is 11.0 Å². The Bertz CT molecular complexity index is 798. The highest BCUT2D eigenvalue weighted by Crippen LogP contribution is 2.40. The lowest BCUT2D eigenvalue weighted by Crippen LogP contribution is -2.37. The summed E-state index contributed by atoms with van der Waals surface area (Å²) in [6, 6.07) is 3.04. The van der Waals surface area contributed by atoms with Crippen LogP contribution in [0.5, 0.6) is 0 Å². The summed E-state index contributed by atoms with van der Waals surface area (Å²) in [7, 11) is -3.59. The number of rotatable bonds is 4. The Balaban J connectivity index is 1.56. The molecular weight excluding hydrogens is 318 g/mol. The van der Waals surface area contributed by atoms with Crippen molar-refractivity contribution in [2.45, 2.75) is 43.6 Å². The zero-order valence-corrected chi connectivity index (χ0v) is 13.8. The van der Waals surface area contributed by atoms with E-state index in [4.69, 9.17) is 8.83 Å². The van der Waals surface area contributed by atoms with Crippen LogP contribution in [0.3, 0.4) is 0 Å². The summed E-state index contributed by atoms with van der Waals surface area (Å²) in [6.07, 6.45) is 3.88. The molecule has 3 heterocycles. The summed E-state index contributed by atoms with van der Waals surface area (Å²) < 4.78 is 37.8. The van der Waals surface area contributed by atoms with E-state index in [9.17, 15) is 8.42 Å². The minimum absolute atomic E-state index is 0.0618. The van der Waals surface area contributed by atoms with Gasteiger partial charge in [-0.3, -0.25) is 0 Å². The monoisotopic (exact) mass is 337 g/mol. The van der Waals surface area contributed by atoms with E-state index in [0.29, 0.717) is 36.6 Å². The average molecular weight is 337 g/mol. The number of aromatic nitrogens is 2. The predicted molar refractivity (Wildman–Crippen MR) is 81.1 cm³/mol. The second-order valence-corrected chi connectivity index (χ2v) is 8.29. The van der Waals surface area contributed by atoms with Crippen LogP contribution in [0.15, 0.2) is 26.1 Å². The smallest absolute Gasteiger partial charge is 0.283 e. The number of furan rings is 1. The highest BCUT2D eigenvalue weighted by molar-refractivity contribution is 7.89. The van der Waals surface area contributed by atoms with Crippen molar-refractivity contribution in [1.29, 1.82) is 0 Å². The molecule has 2 aromatic heterocycles. The second kappa shape index (κ2) is 5.45. The maximum atomic E-state index is 12.6. The van der Waals surface area contributed by atoms with Crippen molar-refractivity contribution in [2.24, 2.45) is 5.92 Å². The number of sulfonamides is 1. The van der Waals surface area contributed by atoms with Crippen LogP contribution in [-0.4, -0.2) is 36.0 Å². The molecule has 0 spiro atoms. The molecule has 7 nitrogen and oxygen atoms in total. The molecule has 0 N–H and O–H groups in total. The summed E-state index contributed by atoms with van der Waals surface area (Å²) in [6.45, 7) is 3.21. The van der Waals surface area contributed by atoms with Gasteiger partial charge in [0, 0.05) is 19.0 Å². The van der Waals surface area contributed by atoms with E-state index < -0.39 is 10.0 Å². The Kier molecular flexibility index (Phi) is 3.53. The van der Waals surface area contributed by atoms with Gasteiger partial charge in [0.2, 0.25) is 11.0 Å². The van der Waals surface area contributed by atoms with E-state index in [2.05, 4.69) is 17.1 Å². The van der Waals surface area contributed by atoms with Gasteiger partial charge < -0.3 is 8.83 Å². The van der Waals surface area contributed by atoms with Crippen LogP contribution < -0.4 is 0 Å². The molecule has 0 radical (unpaired) electrons. The van der Waals surface area contributed by atoms with Crippen molar-refractivity contribution in [3.63, 3.8) is 0 Å². The molecule has 2 aliphatic rings. The van der Waals surface area contributed by atoms with Gasteiger partial charge >= 0.3 is 0 Å². The van der Waals surface area contributed by atoms with Crippen LogP contribution in [0.4, 0.5) is 0 Å². The third-order valence-corrected chi connectivity index (χ3v) is 6.27. The molecule has 1 saturated heterocycles. The first-order valence-corrected chi connectivity index (χ1v) is 9.42. The van der Waals surface area contributed by atoms with Crippen LogP contribution in [-0.2, 0) is 10.0 Å². The lowest BCUT2D eigenvalue weighted by Gasteiger charge is -2.28. The van der Waals surface area contributed by atoms with Crippen LogP contribution >= 0.6 is 0 Å². The predicted octanol–water partition coefficient (Wildman–Crippen LogP) is 2.63. The van der Waals surface area contributed by atoms with E-state index in [1.165, 1.54) is 10.4 Å². The Morgan fingerprint density at radius 1 is 1.09 bits per heavy atom. The lowest BCUT2D eigenvalue weighted by atomic mass is 10.0. The minimum Gasteiger partial charge on any atom is -0.438 e. The summed E-state index contributed by atoms with van der Waals surface area (Å²) in [5.74, 6) is 2.05. The molecule has 0 aromatic carbocycles. The molecule has 0 unspecified atom stereocenters. The van der Waals surface area contributed by atoms with Crippen molar-refractivity contribution in [2.75, 3.05) is 13.1 Å². The van der Waals surface area contributed by atoms with Gasteiger partial charge in [0.25, 0.3) is 15.9 Å². The molecule has 2 aromatic rings. The fourth-order valence-electron chi connectivity index (χ4n) is 2.76. The van der Waals surface area contributed by atoms with E-state index in [1.807, 2.05) is 0 Å². The van der Waals surface area contributed by atoms with Crippen molar-refractivity contribution in [3.8, 4) is 11.7 Å². The normalized spacial score (nSPS) is 20.9. The Hall–Kier alpha value is -1.67. The van der Waals surface area contributed by atoms with Gasteiger partial charge in [-0.25, -0.2) is 8.42 Å². The molecule has 23 heavy (non-hydrogen) atoms. The molecule has 1 aliphatic heterocycles. The number of hydrogen-bond donors (Lipinski definition) is 0. The van der Waals surface area contributed by atoms with Gasteiger partial charge in [-0.15, -0.1) is 10.2 Å². The quantitative estimate of drug-likeness (QED) is 0.852. The number of piperidine rings is 1. The zero-order valence-electron chi connectivity index (χ0n) is 12.9. The standard InChI is InChI=1S/C15H19N3O4S/c1-10-6-8-18(9-7-10)23(19,20)13-5-4-12(21-13)15-17-16-14(22-15)11-2-3-11/h4-5,10-11H,2-3,6-9H2,1H3. The average Bonchev–Trinajstić information content (AvgIpc) is 3.07. The van der Waals surface area contributed by atoms with Crippen molar-refractivity contribution in [3.05, 3.63) is 18.0 Å². The van der Waals surface area contributed by atoms with Gasteiger partial charge in [-0.1, -0.05) is 6.92 Å². The molecular formula is C15H19N3O4S. The van der Waals surface area contributed by atoms with E-state index >= 15 is 0 Å². The molecule has 8 heteroatoms. The Morgan fingerprint density at radius 2 is 1.83 bits per heavy atom. The van der Waals surface area contributed by atoms with E-state index in [1.54, 1.807) is 6.07 Å². The molecule has 124 valence electrons. The molecule has 0 bridgehead atoms. The molecule has 2 fully saturated rings. The largest absolute Gasteiger partial charge is 0.438 e. The highest BCUT2D eigenvalue weighted by atomic mass is 32.2. The van der Waals surface area contributed by atoms with Crippen molar-refractivity contribution >= 4 is 10.0 Å². The van der Waals surface area contributed by atoms with Crippen molar-refractivity contribution in [1.82, 2.24) is 14.5 Å². The fourth-order valence-corrected chi connectivity index (χ4v) is 4.14. The molecule has 0 amide bonds. The van der Waals surface area contributed by atoms with Crippen LogP contribution in [0.25, 0.3) is 11.7 Å². The summed E-state index contributed by atoms with van der Waals surface area (Å²) in [5.41, 5.74) is 0. The zero-order chi connectivity index (χ0) is 16.0. The topological polar surface area (TPSA) is 89.4 Å². The molecule has 1 aliphatic carbocycles. The minimum atomic E-state index is -3.59.